The molecule has 0 aliphatic heterocycles. The molecular formula is C13H23N3O2. The topological polar surface area (TPSA) is 80.4 Å². The zero-order valence-electron chi connectivity index (χ0n) is 11.1. The van der Waals surface area contributed by atoms with Crippen molar-refractivity contribution in [1.29, 1.82) is 0 Å². The van der Waals surface area contributed by atoms with E-state index in [9.17, 15) is 0 Å². The molecule has 0 aliphatic carbocycles. The molecule has 0 unspecified atom stereocenters. The van der Waals surface area contributed by atoms with Crippen LogP contribution in [0, 0.1) is 5.92 Å². The maximum atomic E-state index is 8.69. The molecule has 102 valence electrons. The average Bonchev–Trinajstić information content (AvgIpc) is 2.34. The Kier molecular flexibility index (Phi) is 6.28. The Morgan fingerprint density at radius 1 is 1.39 bits per heavy atom. The normalized spacial score (nSPS) is 10.7. The third-order valence-electron chi connectivity index (χ3n) is 2.33. The molecular weight excluding hydrogens is 230 g/mol. The molecule has 0 amide bonds. The highest BCUT2D eigenvalue weighted by Crippen LogP contribution is 2.21. The molecule has 0 spiro atoms. The summed E-state index contributed by atoms with van der Waals surface area (Å²) in [5, 5.41) is 11.9. The van der Waals surface area contributed by atoms with E-state index in [0.29, 0.717) is 24.1 Å². The highest BCUT2D eigenvalue weighted by molar-refractivity contribution is 5.53. The standard InChI is InChI=1S/C13H23N3O2/c1-10(2)9-18-13-11(14)5-6-12(16-13)15-7-3-4-8-17/h5-6,10,17H,3-4,7-9,14H2,1-2H3,(H,15,16). The van der Waals surface area contributed by atoms with Gasteiger partial charge < -0.3 is 20.9 Å². The van der Waals surface area contributed by atoms with E-state index in [4.69, 9.17) is 15.6 Å². The molecule has 1 rings (SSSR count). The van der Waals surface area contributed by atoms with Crippen molar-refractivity contribution in [2.24, 2.45) is 5.92 Å². The predicted molar refractivity (Wildman–Crippen MR) is 73.8 cm³/mol. The lowest BCUT2D eigenvalue weighted by Crippen LogP contribution is -2.09. The maximum absolute atomic E-state index is 8.69. The molecule has 1 aromatic rings. The van der Waals surface area contributed by atoms with Gasteiger partial charge in [0.2, 0.25) is 5.88 Å². The van der Waals surface area contributed by atoms with Gasteiger partial charge in [-0.25, -0.2) is 0 Å². The molecule has 0 radical (unpaired) electrons. The lowest BCUT2D eigenvalue weighted by Gasteiger charge is -2.12. The van der Waals surface area contributed by atoms with Crippen LogP contribution in [0.2, 0.25) is 0 Å². The first-order valence-corrected chi connectivity index (χ1v) is 6.37. The number of aliphatic hydroxyl groups is 1. The molecule has 0 saturated heterocycles. The Morgan fingerprint density at radius 2 is 2.17 bits per heavy atom. The van der Waals surface area contributed by atoms with Gasteiger partial charge in [0.05, 0.1) is 12.3 Å². The lowest BCUT2D eigenvalue weighted by molar-refractivity contribution is 0.263. The number of nitrogens with two attached hydrogens (primary N) is 1. The van der Waals surface area contributed by atoms with E-state index in [0.717, 1.165) is 25.2 Å². The van der Waals surface area contributed by atoms with Gasteiger partial charge in [-0.15, -0.1) is 0 Å². The van der Waals surface area contributed by atoms with Crippen LogP contribution >= 0.6 is 0 Å². The largest absolute Gasteiger partial charge is 0.476 e. The van der Waals surface area contributed by atoms with Crippen molar-refractivity contribution in [2.75, 3.05) is 30.8 Å². The van der Waals surface area contributed by atoms with E-state index < -0.39 is 0 Å². The molecule has 1 heterocycles. The third-order valence-corrected chi connectivity index (χ3v) is 2.33. The molecule has 5 nitrogen and oxygen atoms in total. The van der Waals surface area contributed by atoms with Crippen LogP contribution in [0.5, 0.6) is 5.88 Å². The number of aliphatic hydroxyl groups excluding tert-OH is 1. The number of rotatable bonds is 8. The first-order chi connectivity index (χ1) is 8.63. The number of ether oxygens (including phenoxy) is 1. The second-order valence-electron chi connectivity index (χ2n) is 4.65. The van der Waals surface area contributed by atoms with Gasteiger partial charge >= 0.3 is 0 Å². The molecule has 0 bridgehead atoms. The van der Waals surface area contributed by atoms with E-state index in [-0.39, 0.29) is 6.61 Å². The van der Waals surface area contributed by atoms with Gasteiger partial charge in [-0.3, -0.25) is 0 Å². The molecule has 0 aromatic carbocycles. The minimum atomic E-state index is 0.222. The monoisotopic (exact) mass is 253 g/mol. The number of aromatic nitrogens is 1. The summed E-state index contributed by atoms with van der Waals surface area (Å²) in [4.78, 5) is 4.32. The molecule has 5 heteroatoms. The van der Waals surface area contributed by atoms with Crippen molar-refractivity contribution >= 4 is 11.5 Å². The molecule has 0 fully saturated rings. The Morgan fingerprint density at radius 3 is 2.83 bits per heavy atom. The van der Waals surface area contributed by atoms with Crippen LogP contribution < -0.4 is 15.8 Å². The maximum Gasteiger partial charge on any atom is 0.239 e. The Balaban J connectivity index is 2.51. The van der Waals surface area contributed by atoms with Crippen LogP contribution in [0.25, 0.3) is 0 Å². The van der Waals surface area contributed by atoms with Gasteiger partial charge in [0.25, 0.3) is 0 Å². The summed E-state index contributed by atoms with van der Waals surface area (Å²) in [5.74, 6) is 1.67. The van der Waals surface area contributed by atoms with Gasteiger partial charge in [0, 0.05) is 13.2 Å². The highest BCUT2D eigenvalue weighted by atomic mass is 16.5. The van der Waals surface area contributed by atoms with Gasteiger partial charge in [0.15, 0.2) is 0 Å². The molecule has 0 atom stereocenters. The number of pyridine rings is 1. The Bertz CT molecular complexity index is 356. The smallest absolute Gasteiger partial charge is 0.239 e. The van der Waals surface area contributed by atoms with Crippen molar-refractivity contribution in [3.05, 3.63) is 12.1 Å². The summed E-state index contributed by atoms with van der Waals surface area (Å²) in [6.07, 6.45) is 1.70. The Labute approximate surface area is 108 Å². The summed E-state index contributed by atoms with van der Waals surface area (Å²) in [6.45, 7) is 5.76. The quantitative estimate of drug-likeness (QED) is 0.616. The van der Waals surface area contributed by atoms with E-state index in [1.165, 1.54) is 0 Å². The van der Waals surface area contributed by atoms with Crippen LogP contribution in [0.3, 0.4) is 0 Å². The summed E-state index contributed by atoms with van der Waals surface area (Å²) < 4.78 is 5.55. The molecule has 4 N–H and O–H groups in total. The van der Waals surface area contributed by atoms with Crippen LogP contribution in [0.4, 0.5) is 11.5 Å². The van der Waals surface area contributed by atoms with Crippen LogP contribution in [-0.2, 0) is 0 Å². The summed E-state index contributed by atoms with van der Waals surface area (Å²) >= 11 is 0. The fourth-order valence-electron chi connectivity index (χ4n) is 1.36. The fourth-order valence-corrected chi connectivity index (χ4v) is 1.36. The number of nitrogens with one attached hydrogen (secondary N) is 1. The fraction of sp³-hybridized carbons (Fsp3) is 0.615. The molecule has 18 heavy (non-hydrogen) atoms. The SMILES string of the molecule is CC(C)COc1nc(NCCCCO)ccc1N. The van der Waals surface area contributed by atoms with Crippen molar-refractivity contribution in [3.63, 3.8) is 0 Å². The Hall–Kier alpha value is -1.49. The van der Waals surface area contributed by atoms with Gasteiger partial charge in [0.1, 0.15) is 5.82 Å². The van der Waals surface area contributed by atoms with E-state index in [1.807, 2.05) is 6.07 Å². The van der Waals surface area contributed by atoms with Crippen LogP contribution in [-0.4, -0.2) is 29.8 Å². The summed E-state index contributed by atoms with van der Waals surface area (Å²) in [5.41, 5.74) is 6.36. The highest BCUT2D eigenvalue weighted by Gasteiger charge is 2.05. The summed E-state index contributed by atoms with van der Waals surface area (Å²) in [6, 6.07) is 3.62. The van der Waals surface area contributed by atoms with Crippen LogP contribution in [0.1, 0.15) is 26.7 Å². The van der Waals surface area contributed by atoms with Crippen LogP contribution in [0.15, 0.2) is 12.1 Å². The van der Waals surface area contributed by atoms with Gasteiger partial charge in [-0.2, -0.15) is 4.98 Å². The number of hydrogen-bond donors (Lipinski definition) is 3. The van der Waals surface area contributed by atoms with Crippen molar-refractivity contribution in [2.45, 2.75) is 26.7 Å². The van der Waals surface area contributed by atoms with E-state index in [1.54, 1.807) is 6.07 Å². The lowest BCUT2D eigenvalue weighted by atomic mass is 10.2. The number of nitrogens with zero attached hydrogens (tertiary/aromatic N) is 1. The van der Waals surface area contributed by atoms with Gasteiger partial charge in [-0.1, -0.05) is 13.8 Å². The predicted octanol–water partition coefficient (Wildman–Crippen LogP) is 1.88. The second-order valence-corrected chi connectivity index (χ2v) is 4.65. The molecule has 1 aromatic heterocycles. The number of anilines is 2. The molecule has 0 aliphatic rings. The zero-order valence-corrected chi connectivity index (χ0v) is 11.1. The van der Waals surface area contributed by atoms with E-state index in [2.05, 4.69) is 24.1 Å². The first kappa shape index (κ1) is 14.6. The van der Waals surface area contributed by atoms with E-state index >= 15 is 0 Å². The minimum Gasteiger partial charge on any atom is -0.476 e. The molecule has 0 saturated carbocycles. The first-order valence-electron chi connectivity index (χ1n) is 6.37. The number of nitrogen functional groups attached to an aromatic ring is 1. The zero-order chi connectivity index (χ0) is 13.4. The summed E-state index contributed by atoms with van der Waals surface area (Å²) in [7, 11) is 0. The second kappa shape index (κ2) is 7.76. The number of unbranched alkanes of at least 4 members (excludes halogenated alkanes) is 1. The minimum absolute atomic E-state index is 0.222. The van der Waals surface area contributed by atoms with Crippen molar-refractivity contribution < 1.29 is 9.84 Å². The van der Waals surface area contributed by atoms with Crippen molar-refractivity contribution in [1.82, 2.24) is 4.98 Å². The average molecular weight is 253 g/mol. The number of hydrogen-bond acceptors (Lipinski definition) is 5. The van der Waals surface area contributed by atoms with Crippen molar-refractivity contribution in [3.8, 4) is 5.88 Å². The third kappa shape index (κ3) is 5.23. The van der Waals surface area contributed by atoms with Gasteiger partial charge in [-0.05, 0) is 30.9 Å².